The maximum Gasteiger partial charge on any atom is 0.105 e. The van der Waals surface area contributed by atoms with Gasteiger partial charge in [0, 0.05) is 51.7 Å². The lowest BCUT2D eigenvalue weighted by atomic mass is 10.4. The van der Waals surface area contributed by atoms with E-state index in [1.54, 1.807) is 0 Å². The van der Waals surface area contributed by atoms with E-state index >= 15 is 0 Å². The van der Waals surface area contributed by atoms with Crippen LogP contribution in [0.1, 0.15) is 5.82 Å². The van der Waals surface area contributed by atoms with Gasteiger partial charge in [0.2, 0.25) is 0 Å². The van der Waals surface area contributed by atoms with Gasteiger partial charge >= 0.3 is 0 Å². The molecule has 1 aliphatic rings. The summed E-state index contributed by atoms with van der Waals surface area (Å²) in [4.78, 5) is 6.65. The Bertz CT molecular complexity index is 320. The van der Waals surface area contributed by atoms with Crippen LogP contribution in [-0.4, -0.2) is 60.4 Å². The molecule has 1 aromatic heterocycles. The Morgan fingerprint density at radius 2 is 2.06 bits per heavy atom. The molecular weight excluding hydrogens is 216 g/mol. The molecule has 0 atom stereocenters. The van der Waals surface area contributed by atoms with E-state index in [1.807, 2.05) is 19.3 Å². The molecule has 1 aliphatic heterocycles. The predicted molar refractivity (Wildman–Crippen MR) is 67.1 cm³/mol. The fourth-order valence-electron chi connectivity index (χ4n) is 2.03. The average molecular weight is 238 g/mol. The fourth-order valence-corrected chi connectivity index (χ4v) is 2.03. The molecular formula is C12H22N4O. The van der Waals surface area contributed by atoms with Crippen LogP contribution in [0.25, 0.3) is 0 Å². The number of hydrogen-bond donors (Lipinski definition) is 1. The van der Waals surface area contributed by atoms with Crippen molar-refractivity contribution in [3.8, 4) is 0 Å². The van der Waals surface area contributed by atoms with Gasteiger partial charge in [-0.15, -0.1) is 0 Å². The van der Waals surface area contributed by atoms with Gasteiger partial charge in [-0.3, -0.25) is 4.90 Å². The quantitative estimate of drug-likeness (QED) is 0.715. The van der Waals surface area contributed by atoms with E-state index in [0.29, 0.717) is 0 Å². The lowest BCUT2D eigenvalue weighted by Gasteiger charge is -2.26. The predicted octanol–water partition coefficient (Wildman–Crippen LogP) is 0.113. The van der Waals surface area contributed by atoms with Gasteiger partial charge in [0.1, 0.15) is 5.82 Å². The van der Waals surface area contributed by atoms with E-state index < -0.39 is 0 Å². The molecule has 96 valence electrons. The van der Waals surface area contributed by atoms with Crippen molar-refractivity contribution < 1.29 is 4.74 Å². The van der Waals surface area contributed by atoms with Gasteiger partial charge in [-0.05, 0) is 6.92 Å². The Morgan fingerprint density at radius 3 is 2.76 bits per heavy atom. The Balaban J connectivity index is 1.53. The Kier molecular flexibility index (Phi) is 4.97. The molecule has 1 fully saturated rings. The van der Waals surface area contributed by atoms with Crippen molar-refractivity contribution in [1.82, 2.24) is 19.8 Å². The van der Waals surface area contributed by atoms with Crippen molar-refractivity contribution in [3.63, 3.8) is 0 Å². The maximum atomic E-state index is 5.32. The molecule has 0 saturated carbocycles. The third-order valence-electron chi connectivity index (χ3n) is 3.16. The fraction of sp³-hybridized carbons (Fsp3) is 0.750. The molecule has 0 aliphatic carbocycles. The van der Waals surface area contributed by atoms with Gasteiger partial charge < -0.3 is 14.6 Å². The number of rotatable bonds is 6. The van der Waals surface area contributed by atoms with Crippen molar-refractivity contribution >= 4 is 0 Å². The van der Waals surface area contributed by atoms with E-state index in [9.17, 15) is 0 Å². The van der Waals surface area contributed by atoms with Gasteiger partial charge in [-0.1, -0.05) is 0 Å². The summed E-state index contributed by atoms with van der Waals surface area (Å²) in [6, 6.07) is 0. The zero-order valence-corrected chi connectivity index (χ0v) is 10.6. The number of nitrogens with one attached hydrogen (secondary N) is 1. The third kappa shape index (κ3) is 4.11. The molecule has 1 aromatic rings. The van der Waals surface area contributed by atoms with Gasteiger partial charge in [-0.25, -0.2) is 4.98 Å². The highest BCUT2D eigenvalue weighted by Gasteiger charge is 2.08. The highest BCUT2D eigenvalue weighted by molar-refractivity contribution is 4.88. The molecule has 0 unspecified atom stereocenters. The molecule has 0 radical (unpaired) electrons. The second-order valence-electron chi connectivity index (χ2n) is 4.37. The molecule has 5 nitrogen and oxygen atoms in total. The van der Waals surface area contributed by atoms with Crippen LogP contribution < -0.4 is 5.32 Å². The molecule has 17 heavy (non-hydrogen) atoms. The third-order valence-corrected chi connectivity index (χ3v) is 3.16. The normalized spacial score (nSPS) is 17.5. The summed E-state index contributed by atoms with van der Waals surface area (Å²) < 4.78 is 7.49. The minimum Gasteiger partial charge on any atom is -0.379 e. The molecule has 5 heteroatoms. The van der Waals surface area contributed by atoms with Crippen LogP contribution in [0.5, 0.6) is 0 Å². The van der Waals surface area contributed by atoms with Crippen molar-refractivity contribution in [2.75, 3.05) is 45.9 Å². The molecule has 0 aromatic carbocycles. The average Bonchev–Trinajstić information content (AvgIpc) is 2.76. The first-order valence-corrected chi connectivity index (χ1v) is 6.35. The minimum atomic E-state index is 0.883. The molecule has 0 spiro atoms. The first-order chi connectivity index (χ1) is 8.36. The second-order valence-corrected chi connectivity index (χ2v) is 4.37. The van der Waals surface area contributed by atoms with Gasteiger partial charge in [0.15, 0.2) is 0 Å². The van der Waals surface area contributed by atoms with E-state index in [1.165, 1.54) is 0 Å². The molecule has 1 N–H and O–H groups in total. The molecule has 2 heterocycles. The van der Waals surface area contributed by atoms with Gasteiger partial charge in [-0.2, -0.15) is 0 Å². The highest BCUT2D eigenvalue weighted by Crippen LogP contribution is 1.95. The van der Waals surface area contributed by atoms with Crippen LogP contribution in [0, 0.1) is 6.92 Å². The summed E-state index contributed by atoms with van der Waals surface area (Å²) in [6.07, 6.45) is 3.88. The Morgan fingerprint density at radius 1 is 1.29 bits per heavy atom. The summed E-state index contributed by atoms with van der Waals surface area (Å²) >= 11 is 0. The zero-order chi connectivity index (χ0) is 11.9. The van der Waals surface area contributed by atoms with E-state index in [2.05, 4.69) is 19.8 Å². The van der Waals surface area contributed by atoms with Gasteiger partial charge in [0.05, 0.1) is 13.2 Å². The Labute approximate surface area is 103 Å². The van der Waals surface area contributed by atoms with Gasteiger partial charge in [0.25, 0.3) is 0 Å². The molecule has 0 amide bonds. The molecule has 0 bridgehead atoms. The minimum absolute atomic E-state index is 0.883. The number of ether oxygens (including phenoxy) is 1. The van der Waals surface area contributed by atoms with Crippen LogP contribution in [0.2, 0.25) is 0 Å². The number of imidazole rings is 1. The largest absolute Gasteiger partial charge is 0.379 e. The summed E-state index contributed by atoms with van der Waals surface area (Å²) in [6.45, 7) is 10.1. The number of aryl methyl sites for hydroxylation is 1. The summed E-state index contributed by atoms with van der Waals surface area (Å²) in [7, 11) is 0. The standard InChI is InChI=1S/C12H22N4O/c1-12-14-4-7-16(12)6-3-13-2-5-15-8-10-17-11-9-15/h4,7,13H,2-3,5-6,8-11H2,1H3. The monoisotopic (exact) mass is 238 g/mol. The smallest absolute Gasteiger partial charge is 0.105 e. The van der Waals surface area contributed by atoms with E-state index in [0.717, 1.165) is 58.3 Å². The van der Waals surface area contributed by atoms with Crippen LogP contribution in [-0.2, 0) is 11.3 Å². The lowest BCUT2D eigenvalue weighted by Crippen LogP contribution is -2.40. The molecule has 1 saturated heterocycles. The van der Waals surface area contributed by atoms with Crippen LogP contribution in [0.3, 0.4) is 0 Å². The number of aromatic nitrogens is 2. The number of hydrogen-bond acceptors (Lipinski definition) is 4. The zero-order valence-electron chi connectivity index (χ0n) is 10.6. The Hall–Kier alpha value is -0.910. The first kappa shape index (κ1) is 12.5. The van der Waals surface area contributed by atoms with Crippen LogP contribution in [0.15, 0.2) is 12.4 Å². The molecule has 2 rings (SSSR count). The number of nitrogens with zero attached hydrogens (tertiary/aromatic N) is 3. The summed E-state index contributed by atoms with van der Waals surface area (Å²) in [5.74, 6) is 1.08. The van der Waals surface area contributed by atoms with Crippen molar-refractivity contribution in [3.05, 3.63) is 18.2 Å². The van der Waals surface area contributed by atoms with Crippen molar-refractivity contribution in [2.45, 2.75) is 13.5 Å². The highest BCUT2D eigenvalue weighted by atomic mass is 16.5. The second kappa shape index (κ2) is 6.74. The van der Waals surface area contributed by atoms with E-state index in [4.69, 9.17) is 4.74 Å². The van der Waals surface area contributed by atoms with Crippen LogP contribution >= 0.6 is 0 Å². The van der Waals surface area contributed by atoms with Crippen molar-refractivity contribution in [1.29, 1.82) is 0 Å². The lowest BCUT2D eigenvalue weighted by molar-refractivity contribution is 0.0384. The van der Waals surface area contributed by atoms with E-state index in [-0.39, 0.29) is 0 Å². The summed E-state index contributed by atoms with van der Waals surface area (Å²) in [5, 5.41) is 3.47. The van der Waals surface area contributed by atoms with Crippen molar-refractivity contribution in [2.24, 2.45) is 0 Å². The van der Waals surface area contributed by atoms with Crippen LogP contribution in [0.4, 0.5) is 0 Å². The number of morpholine rings is 1. The maximum absolute atomic E-state index is 5.32. The summed E-state index contributed by atoms with van der Waals surface area (Å²) in [5.41, 5.74) is 0. The first-order valence-electron chi connectivity index (χ1n) is 6.35. The SMILES string of the molecule is Cc1nccn1CCNCCN1CCOCC1. The topological polar surface area (TPSA) is 42.3 Å².